The second kappa shape index (κ2) is 9.45. The minimum atomic E-state index is -0.891. The zero-order chi connectivity index (χ0) is 20.8. The van der Waals surface area contributed by atoms with Gasteiger partial charge in [0, 0.05) is 13.1 Å². The lowest BCUT2D eigenvalue weighted by molar-refractivity contribution is -0.139. The number of likely N-dealkylation sites (tertiary alicyclic amines) is 1. The molecule has 1 N–H and O–H groups in total. The molecule has 1 saturated heterocycles. The number of ether oxygens (including phenoxy) is 2. The lowest BCUT2D eigenvalue weighted by Gasteiger charge is -2.33. The summed E-state index contributed by atoms with van der Waals surface area (Å²) in [4.78, 5) is 26.0. The van der Waals surface area contributed by atoms with E-state index in [1.54, 1.807) is 50.4 Å². The molecule has 3 rings (SSSR count). The number of methoxy groups -OCH3 is 1. The van der Waals surface area contributed by atoms with Gasteiger partial charge in [-0.15, -0.1) is 0 Å². The van der Waals surface area contributed by atoms with Crippen LogP contribution in [0.25, 0.3) is 0 Å². The summed E-state index contributed by atoms with van der Waals surface area (Å²) in [6, 6.07) is 14.3. The van der Waals surface area contributed by atoms with Crippen LogP contribution in [0, 0.1) is 5.92 Å². The van der Waals surface area contributed by atoms with Crippen LogP contribution in [0.5, 0.6) is 11.5 Å². The number of carboxylic acid groups (broad SMARTS) is 1. The highest BCUT2D eigenvalue weighted by atomic mass is 16.5. The van der Waals surface area contributed by atoms with Gasteiger partial charge < -0.3 is 19.5 Å². The molecule has 6 heteroatoms. The lowest BCUT2D eigenvalue weighted by Crippen LogP contribution is -2.45. The van der Waals surface area contributed by atoms with Gasteiger partial charge >= 0.3 is 5.97 Å². The van der Waals surface area contributed by atoms with E-state index in [-0.39, 0.29) is 5.91 Å². The Kier molecular flexibility index (Phi) is 6.75. The average Bonchev–Trinajstić information content (AvgIpc) is 2.74. The van der Waals surface area contributed by atoms with E-state index < -0.39 is 12.1 Å². The summed E-state index contributed by atoms with van der Waals surface area (Å²) in [6.45, 7) is 3.09. The Bertz CT molecular complexity index is 841. The molecule has 1 aliphatic heterocycles. The first-order valence-corrected chi connectivity index (χ1v) is 9.88. The van der Waals surface area contributed by atoms with Gasteiger partial charge in [-0.1, -0.05) is 18.2 Å². The predicted octanol–water partition coefficient (Wildman–Crippen LogP) is 3.64. The second-order valence-electron chi connectivity index (χ2n) is 7.37. The van der Waals surface area contributed by atoms with E-state index in [0.29, 0.717) is 30.3 Å². The molecular formula is C23H27NO5. The van der Waals surface area contributed by atoms with E-state index in [4.69, 9.17) is 9.47 Å². The molecular weight excluding hydrogens is 370 g/mol. The van der Waals surface area contributed by atoms with Crippen molar-refractivity contribution in [1.29, 1.82) is 0 Å². The topological polar surface area (TPSA) is 76.1 Å². The molecule has 1 aliphatic rings. The minimum absolute atomic E-state index is 0.0230. The SMILES string of the molecule is COc1ccc(OC(C)C(=O)N2CCC(Cc3ccccc3C(=O)O)CC2)cc1. The maximum atomic E-state index is 12.7. The van der Waals surface area contributed by atoms with Crippen LogP contribution in [0.4, 0.5) is 0 Å². The van der Waals surface area contributed by atoms with Crippen molar-refractivity contribution in [2.45, 2.75) is 32.3 Å². The van der Waals surface area contributed by atoms with Crippen molar-refractivity contribution in [2.75, 3.05) is 20.2 Å². The van der Waals surface area contributed by atoms with Gasteiger partial charge in [-0.05, 0) is 68.0 Å². The third kappa shape index (κ3) is 5.28. The van der Waals surface area contributed by atoms with E-state index in [1.807, 2.05) is 17.0 Å². The molecule has 1 heterocycles. The van der Waals surface area contributed by atoms with E-state index in [1.165, 1.54) is 0 Å². The Balaban J connectivity index is 1.52. The smallest absolute Gasteiger partial charge is 0.335 e. The molecule has 154 valence electrons. The first-order valence-electron chi connectivity index (χ1n) is 9.88. The van der Waals surface area contributed by atoms with E-state index in [9.17, 15) is 14.7 Å². The molecule has 29 heavy (non-hydrogen) atoms. The molecule has 0 aliphatic carbocycles. The molecule has 0 radical (unpaired) electrons. The molecule has 0 spiro atoms. The van der Waals surface area contributed by atoms with E-state index >= 15 is 0 Å². The van der Waals surface area contributed by atoms with Gasteiger partial charge in [-0.3, -0.25) is 4.79 Å². The number of carbonyl (C=O) groups excluding carboxylic acids is 1. The summed E-state index contributed by atoms with van der Waals surface area (Å²) < 4.78 is 10.9. The fraction of sp³-hybridized carbons (Fsp3) is 0.391. The van der Waals surface area contributed by atoms with Crippen molar-refractivity contribution in [1.82, 2.24) is 4.90 Å². The van der Waals surface area contributed by atoms with E-state index in [2.05, 4.69) is 0 Å². The summed E-state index contributed by atoms with van der Waals surface area (Å²) in [5.74, 6) is 0.829. The van der Waals surface area contributed by atoms with Crippen molar-refractivity contribution in [2.24, 2.45) is 5.92 Å². The Morgan fingerprint density at radius 3 is 2.31 bits per heavy atom. The number of nitrogens with zero attached hydrogens (tertiary/aromatic N) is 1. The fourth-order valence-electron chi connectivity index (χ4n) is 3.74. The average molecular weight is 397 g/mol. The van der Waals surface area contributed by atoms with Gasteiger partial charge in [0.1, 0.15) is 11.5 Å². The number of carboxylic acids is 1. The number of benzene rings is 2. The maximum Gasteiger partial charge on any atom is 0.335 e. The first-order chi connectivity index (χ1) is 14.0. The van der Waals surface area contributed by atoms with Crippen molar-refractivity contribution < 1.29 is 24.2 Å². The monoisotopic (exact) mass is 397 g/mol. The number of amides is 1. The van der Waals surface area contributed by atoms with Crippen LogP contribution < -0.4 is 9.47 Å². The standard InChI is InChI=1S/C23H27NO5/c1-16(29-20-9-7-19(28-2)8-10-20)22(25)24-13-11-17(12-14-24)15-18-5-3-4-6-21(18)23(26)27/h3-10,16-17H,11-15H2,1-2H3,(H,26,27). The number of hydrogen-bond acceptors (Lipinski definition) is 4. The molecule has 1 atom stereocenters. The zero-order valence-corrected chi connectivity index (χ0v) is 16.8. The number of hydrogen-bond donors (Lipinski definition) is 1. The molecule has 2 aromatic carbocycles. The molecule has 1 unspecified atom stereocenters. The first kappa shape index (κ1) is 20.7. The van der Waals surface area contributed by atoms with Crippen molar-refractivity contribution >= 4 is 11.9 Å². The van der Waals surface area contributed by atoms with Crippen molar-refractivity contribution in [3.8, 4) is 11.5 Å². The molecule has 0 bridgehead atoms. The molecule has 1 amide bonds. The summed E-state index contributed by atoms with van der Waals surface area (Å²) in [6.07, 6.45) is 1.87. The van der Waals surface area contributed by atoms with Gasteiger partial charge in [0.2, 0.25) is 0 Å². The van der Waals surface area contributed by atoms with Crippen LogP contribution in [-0.2, 0) is 11.2 Å². The largest absolute Gasteiger partial charge is 0.497 e. The van der Waals surface area contributed by atoms with Crippen molar-refractivity contribution in [3.05, 3.63) is 59.7 Å². The molecule has 2 aromatic rings. The number of piperidine rings is 1. The number of carbonyl (C=O) groups is 2. The number of aromatic carboxylic acids is 1. The summed E-state index contributed by atoms with van der Waals surface area (Å²) >= 11 is 0. The molecule has 0 saturated carbocycles. The van der Waals surface area contributed by atoms with Crippen LogP contribution in [0.2, 0.25) is 0 Å². The highest BCUT2D eigenvalue weighted by Gasteiger charge is 2.27. The Morgan fingerprint density at radius 2 is 1.69 bits per heavy atom. The Labute approximate surface area is 171 Å². The van der Waals surface area contributed by atoms with Gasteiger partial charge in [-0.25, -0.2) is 4.79 Å². The number of rotatable bonds is 7. The van der Waals surface area contributed by atoms with Crippen LogP contribution in [0.15, 0.2) is 48.5 Å². The quantitative estimate of drug-likeness (QED) is 0.772. The van der Waals surface area contributed by atoms with Gasteiger partial charge in [-0.2, -0.15) is 0 Å². The third-order valence-electron chi connectivity index (χ3n) is 5.40. The normalized spacial score (nSPS) is 15.6. The van der Waals surface area contributed by atoms with Crippen LogP contribution >= 0.6 is 0 Å². The van der Waals surface area contributed by atoms with Crippen LogP contribution in [0.3, 0.4) is 0 Å². The summed E-state index contributed by atoms with van der Waals surface area (Å²) in [5.41, 5.74) is 1.23. The highest BCUT2D eigenvalue weighted by molar-refractivity contribution is 5.89. The third-order valence-corrected chi connectivity index (χ3v) is 5.40. The second-order valence-corrected chi connectivity index (χ2v) is 7.37. The Hall–Kier alpha value is -3.02. The Morgan fingerprint density at radius 1 is 1.07 bits per heavy atom. The van der Waals surface area contributed by atoms with Gasteiger partial charge in [0.05, 0.1) is 12.7 Å². The molecule has 1 fully saturated rings. The van der Waals surface area contributed by atoms with Crippen LogP contribution in [-0.4, -0.2) is 48.2 Å². The molecule has 6 nitrogen and oxygen atoms in total. The van der Waals surface area contributed by atoms with Crippen LogP contribution in [0.1, 0.15) is 35.7 Å². The maximum absolute atomic E-state index is 12.7. The highest BCUT2D eigenvalue weighted by Crippen LogP contribution is 2.25. The summed E-state index contributed by atoms with van der Waals surface area (Å²) in [7, 11) is 1.60. The molecule has 0 aromatic heterocycles. The minimum Gasteiger partial charge on any atom is -0.497 e. The van der Waals surface area contributed by atoms with Gasteiger partial charge in [0.25, 0.3) is 5.91 Å². The summed E-state index contributed by atoms with van der Waals surface area (Å²) in [5, 5.41) is 9.35. The zero-order valence-electron chi connectivity index (χ0n) is 16.8. The fourth-order valence-corrected chi connectivity index (χ4v) is 3.74. The lowest BCUT2D eigenvalue weighted by atomic mass is 9.88. The van der Waals surface area contributed by atoms with Gasteiger partial charge in [0.15, 0.2) is 6.10 Å². The van der Waals surface area contributed by atoms with Crippen molar-refractivity contribution in [3.63, 3.8) is 0 Å². The predicted molar refractivity (Wildman–Crippen MR) is 109 cm³/mol. The van der Waals surface area contributed by atoms with E-state index in [0.717, 1.165) is 30.6 Å².